The Bertz CT molecular complexity index is 179. The normalized spacial score (nSPS) is 23.8. The first kappa shape index (κ1) is 10.4. The van der Waals surface area contributed by atoms with Crippen molar-refractivity contribution in [2.24, 2.45) is 11.7 Å². The molecule has 0 aromatic heterocycles. The topological polar surface area (TPSA) is 92.8 Å². The highest BCUT2D eigenvalue weighted by atomic mass is 16.5. The second-order valence-corrected chi connectivity index (χ2v) is 3.30. The van der Waals surface area contributed by atoms with Crippen molar-refractivity contribution in [3.63, 3.8) is 0 Å². The number of nitrogens with two attached hydrogens (primary N) is 1. The Morgan fingerprint density at radius 3 is 2.46 bits per heavy atom. The summed E-state index contributed by atoms with van der Waals surface area (Å²) in [5.74, 6) is -1.20. The fraction of sp³-hybridized carbons (Fsp3) is 0.875. The maximum atomic E-state index is 10.5. The molecular weight excluding hydrogens is 174 g/mol. The minimum atomic E-state index is -1.18. The zero-order valence-electron chi connectivity index (χ0n) is 7.35. The van der Waals surface area contributed by atoms with Gasteiger partial charge in [0.05, 0.1) is 6.10 Å². The van der Waals surface area contributed by atoms with Crippen molar-refractivity contribution in [3.05, 3.63) is 0 Å². The average Bonchev–Trinajstić information content (AvgIpc) is 2.17. The first-order valence-corrected chi connectivity index (χ1v) is 4.37. The SMILES string of the molecule is NC(C(=O)O)C(O)C1CCOCC1. The molecule has 0 aromatic carbocycles. The minimum absolute atomic E-state index is 0.0418. The summed E-state index contributed by atoms with van der Waals surface area (Å²) in [6.45, 7) is 1.15. The van der Waals surface area contributed by atoms with E-state index in [0.29, 0.717) is 26.1 Å². The van der Waals surface area contributed by atoms with Crippen LogP contribution < -0.4 is 5.73 Å². The summed E-state index contributed by atoms with van der Waals surface area (Å²) in [6.07, 6.45) is 0.408. The number of hydrogen-bond donors (Lipinski definition) is 3. The average molecular weight is 189 g/mol. The third kappa shape index (κ3) is 2.65. The summed E-state index contributed by atoms with van der Waals surface area (Å²) in [4.78, 5) is 10.5. The van der Waals surface area contributed by atoms with Crippen molar-refractivity contribution in [2.45, 2.75) is 25.0 Å². The van der Waals surface area contributed by atoms with E-state index in [-0.39, 0.29) is 5.92 Å². The molecule has 1 fully saturated rings. The largest absolute Gasteiger partial charge is 0.480 e. The highest BCUT2D eigenvalue weighted by molar-refractivity contribution is 5.73. The Balaban J connectivity index is 2.44. The Kier molecular flexibility index (Phi) is 3.65. The van der Waals surface area contributed by atoms with E-state index in [2.05, 4.69) is 0 Å². The third-order valence-electron chi connectivity index (χ3n) is 2.40. The molecule has 4 N–H and O–H groups in total. The lowest BCUT2D eigenvalue weighted by Gasteiger charge is -2.28. The number of aliphatic carboxylic acids is 1. The molecule has 0 radical (unpaired) electrons. The molecule has 0 saturated carbocycles. The summed E-state index contributed by atoms with van der Waals surface area (Å²) in [6, 6.07) is -1.18. The molecule has 2 unspecified atom stereocenters. The van der Waals surface area contributed by atoms with Crippen molar-refractivity contribution in [2.75, 3.05) is 13.2 Å². The molecule has 0 aromatic rings. The maximum absolute atomic E-state index is 10.5. The van der Waals surface area contributed by atoms with E-state index < -0.39 is 18.1 Å². The third-order valence-corrected chi connectivity index (χ3v) is 2.40. The van der Waals surface area contributed by atoms with Crippen LogP contribution in [0.5, 0.6) is 0 Å². The van der Waals surface area contributed by atoms with E-state index in [0.717, 1.165) is 0 Å². The molecule has 2 atom stereocenters. The minimum Gasteiger partial charge on any atom is -0.480 e. The fourth-order valence-corrected chi connectivity index (χ4v) is 1.50. The van der Waals surface area contributed by atoms with Crippen LogP contribution in [-0.4, -0.2) is 41.5 Å². The molecule has 1 heterocycles. The number of hydrogen-bond acceptors (Lipinski definition) is 4. The first-order valence-electron chi connectivity index (χ1n) is 4.37. The molecule has 0 spiro atoms. The second-order valence-electron chi connectivity index (χ2n) is 3.30. The van der Waals surface area contributed by atoms with Gasteiger partial charge in [-0.3, -0.25) is 4.79 Å². The van der Waals surface area contributed by atoms with Gasteiger partial charge in [0.1, 0.15) is 6.04 Å². The van der Waals surface area contributed by atoms with Crippen LogP contribution in [0.2, 0.25) is 0 Å². The van der Waals surface area contributed by atoms with E-state index in [9.17, 15) is 9.90 Å². The van der Waals surface area contributed by atoms with Crippen LogP contribution in [0.15, 0.2) is 0 Å². The van der Waals surface area contributed by atoms with Crippen LogP contribution in [0, 0.1) is 5.92 Å². The number of carboxylic acid groups (broad SMARTS) is 1. The number of ether oxygens (including phenoxy) is 1. The Hall–Kier alpha value is -0.650. The Morgan fingerprint density at radius 1 is 1.46 bits per heavy atom. The van der Waals surface area contributed by atoms with Gasteiger partial charge in [0.15, 0.2) is 0 Å². The quantitative estimate of drug-likeness (QED) is 0.539. The van der Waals surface area contributed by atoms with Crippen LogP contribution in [0.25, 0.3) is 0 Å². The van der Waals surface area contributed by atoms with Gasteiger partial charge in [-0.1, -0.05) is 0 Å². The lowest BCUT2D eigenvalue weighted by atomic mass is 9.90. The predicted octanol–water partition coefficient (Wildman–Crippen LogP) is -0.814. The Morgan fingerprint density at radius 2 is 2.00 bits per heavy atom. The summed E-state index contributed by atoms with van der Waals surface area (Å²) in [7, 11) is 0. The number of aliphatic hydroxyl groups is 1. The van der Waals surface area contributed by atoms with Gasteiger partial charge in [0.2, 0.25) is 0 Å². The molecule has 13 heavy (non-hydrogen) atoms. The monoisotopic (exact) mass is 189 g/mol. The van der Waals surface area contributed by atoms with Crippen LogP contribution >= 0.6 is 0 Å². The molecule has 5 nitrogen and oxygen atoms in total. The fourth-order valence-electron chi connectivity index (χ4n) is 1.50. The van der Waals surface area contributed by atoms with E-state index in [1.54, 1.807) is 0 Å². The van der Waals surface area contributed by atoms with E-state index >= 15 is 0 Å². The van der Waals surface area contributed by atoms with Crippen LogP contribution in [0.3, 0.4) is 0 Å². The van der Waals surface area contributed by atoms with Gasteiger partial charge < -0.3 is 20.7 Å². The number of rotatable bonds is 3. The summed E-state index contributed by atoms with van der Waals surface area (Å²) < 4.78 is 5.09. The van der Waals surface area contributed by atoms with E-state index in [1.807, 2.05) is 0 Å². The predicted molar refractivity (Wildman–Crippen MR) is 45.2 cm³/mol. The molecule has 76 valence electrons. The van der Waals surface area contributed by atoms with Crippen molar-refractivity contribution < 1.29 is 19.7 Å². The highest BCUT2D eigenvalue weighted by Gasteiger charge is 2.30. The maximum Gasteiger partial charge on any atom is 0.323 e. The van der Waals surface area contributed by atoms with E-state index in [4.69, 9.17) is 15.6 Å². The van der Waals surface area contributed by atoms with Crippen molar-refractivity contribution in [1.82, 2.24) is 0 Å². The molecule has 0 aliphatic carbocycles. The van der Waals surface area contributed by atoms with Gasteiger partial charge in [-0.15, -0.1) is 0 Å². The van der Waals surface area contributed by atoms with Crippen LogP contribution in [0.4, 0.5) is 0 Å². The van der Waals surface area contributed by atoms with Crippen LogP contribution in [0.1, 0.15) is 12.8 Å². The van der Waals surface area contributed by atoms with Crippen molar-refractivity contribution in [3.8, 4) is 0 Å². The van der Waals surface area contributed by atoms with Crippen molar-refractivity contribution >= 4 is 5.97 Å². The van der Waals surface area contributed by atoms with Crippen LogP contribution in [-0.2, 0) is 9.53 Å². The van der Waals surface area contributed by atoms with Gasteiger partial charge in [0.25, 0.3) is 0 Å². The van der Waals surface area contributed by atoms with Gasteiger partial charge >= 0.3 is 5.97 Å². The van der Waals surface area contributed by atoms with Gasteiger partial charge in [-0.05, 0) is 18.8 Å². The van der Waals surface area contributed by atoms with Gasteiger partial charge in [-0.25, -0.2) is 0 Å². The summed E-state index contributed by atoms with van der Waals surface area (Å²) in [5, 5.41) is 18.1. The summed E-state index contributed by atoms with van der Waals surface area (Å²) in [5.41, 5.74) is 5.30. The van der Waals surface area contributed by atoms with E-state index in [1.165, 1.54) is 0 Å². The number of carbonyl (C=O) groups is 1. The molecule has 5 heteroatoms. The van der Waals surface area contributed by atoms with Gasteiger partial charge in [0, 0.05) is 13.2 Å². The second kappa shape index (κ2) is 4.55. The highest BCUT2D eigenvalue weighted by Crippen LogP contribution is 2.20. The molecular formula is C8H15NO4. The Labute approximate surface area is 76.5 Å². The standard InChI is InChI=1S/C8H15NO4/c9-6(8(11)12)7(10)5-1-3-13-4-2-5/h5-7,10H,1-4,9H2,(H,11,12). The lowest BCUT2D eigenvalue weighted by molar-refractivity contribution is -0.143. The lowest BCUT2D eigenvalue weighted by Crippen LogP contribution is -2.47. The first-order chi connectivity index (χ1) is 6.13. The molecule has 0 amide bonds. The molecule has 1 saturated heterocycles. The number of aliphatic hydroxyl groups excluding tert-OH is 1. The molecule has 1 rings (SSSR count). The summed E-state index contributed by atoms with van der Waals surface area (Å²) >= 11 is 0. The zero-order valence-corrected chi connectivity index (χ0v) is 7.35. The molecule has 0 bridgehead atoms. The molecule has 1 aliphatic heterocycles. The van der Waals surface area contributed by atoms with Crippen molar-refractivity contribution in [1.29, 1.82) is 0 Å². The van der Waals surface area contributed by atoms with Gasteiger partial charge in [-0.2, -0.15) is 0 Å². The zero-order chi connectivity index (χ0) is 9.84. The number of carboxylic acids is 1. The smallest absolute Gasteiger partial charge is 0.323 e. The molecule has 1 aliphatic rings.